The number of nitrogens with zero attached hydrogens (tertiary/aromatic N) is 1. The van der Waals surface area contributed by atoms with Gasteiger partial charge in [0.1, 0.15) is 5.60 Å². The number of carbonyl (C=O) groups excluding carboxylic acids is 1. The van der Waals surface area contributed by atoms with Gasteiger partial charge in [0.2, 0.25) is 0 Å². The highest BCUT2D eigenvalue weighted by molar-refractivity contribution is 5.84. The van der Waals surface area contributed by atoms with Gasteiger partial charge >= 0.3 is 5.92 Å². The molecule has 1 saturated heterocycles. The second kappa shape index (κ2) is 7.88. The van der Waals surface area contributed by atoms with Crippen LogP contribution in [0.1, 0.15) is 58.3 Å². The Morgan fingerprint density at radius 2 is 1.74 bits per heavy atom. The predicted molar refractivity (Wildman–Crippen MR) is 85.4 cm³/mol. The molecule has 1 atom stereocenters. The monoisotopic (exact) mass is 332 g/mol. The van der Waals surface area contributed by atoms with Crippen LogP contribution in [0, 0.1) is 5.92 Å². The lowest BCUT2D eigenvalue weighted by molar-refractivity contribution is -0.201. The van der Waals surface area contributed by atoms with Crippen molar-refractivity contribution in [1.82, 2.24) is 10.2 Å². The number of alkyl halides is 2. The molecule has 1 saturated carbocycles. The van der Waals surface area contributed by atoms with E-state index in [4.69, 9.17) is 0 Å². The Labute approximate surface area is 137 Å². The van der Waals surface area contributed by atoms with Crippen LogP contribution in [-0.2, 0) is 4.79 Å². The van der Waals surface area contributed by atoms with Crippen molar-refractivity contribution in [2.24, 2.45) is 5.92 Å². The lowest BCUT2D eigenvalue weighted by atomic mass is 9.79. The maximum atomic E-state index is 14.3. The molecule has 134 valence electrons. The summed E-state index contributed by atoms with van der Waals surface area (Å²) in [6.07, 6.45) is 5.55. The molecule has 1 heterocycles. The Morgan fingerprint density at radius 3 is 2.35 bits per heavy atom. The van der Waals surface area contributed by atoms with Crippen LogP contribution in [0.5, 0.6) is 0 Å². The lowest BCUT2D eigenvalue weighted by Crippen LogP contribution is -2.58. The van der Waals surface area contributed by atoms with E-state index >= 15 is 0 Å². The molecule has 1 unspecified atom stereocenters. The Balaban J connectivity index is 1.80. The first-order chi connectivity index (χ1) is 10.8. The average Bonchev–Trinajstić information content (AvgIpc) is 2.54. The average molecular weight is 332 g/mol. The number of amides is 1. The fourth-order valence-corrected chi connectivity index (χ4v) is 3.69. The second-order valence-corrected chi connectivity index (χ2v) is 7.34. The second-order valence-electron chi connectivity index (χ2n) is 7.34. The number of hydrogen-bond donors (Lipinski definition) is 2. The van der Waals surface area contributed by atoms with Crippen molar-refractivity contribution in [3.8, 4) is 0 Å². The molecular formula is C17H30F2N2O2. The third kappa shape index (κ3) is 4.63. The zero-order valence-electron chi connectivity index (χ0n) is 14.1. The largest absolute Gasteiger partial charge is 0.383 e. The fourth-order valence-electron chi connectivity index (χ4n) is 3.69. The van der Waals surface area contributed by atoms with E-state index in [0.717, 1.165) is 26.1 Å². The van der Waals surface area contributed by atoms with Crippen molar-refractivity contribution in [3.63, 3.8) is 0 Å². The van der Waals surface area contributed by atoms with E-state index in [1.165, 1.54) is 19.3 Å². The minimum atomic E-state index is -3.71. The Bertz CT molecular complexity index is 392. The van der Waals surface area contributed by atoms with E-state index in [9.17, 15) is 18.7 Å². The third-order valence-corrected chi connectivity index (χ3v) is 5.18. The van der Waals surface area contributed by atoms with E-state index in [1.54, 1.807) is 0 Å². The number of nitrogens with one attached hydrogen (secondary N) is 1. The number of piperidine rings is 1. The smallest absolute Gasteiger partial charge is 0.352 e. The summed E-state index contributed by atoms with van der Waals surface area (Å²) in [5.74, 6) is -4.92. The molecule has 6 heteroatoms. The van der Waals surface area contributed by atoms with E-state index < -0.39 is 17.4 Å². The predicted octanol–water partition coefficient (Wildman–Crippen LogP) is 2.56. The van der Waals surface area contributed by atoms with E-state index in [-0.39, 0.29) is 25.3 Å². The number of hydrogen-bond acceptors (Lipinski definition) is 3. The van der Waals surface area contributed by atoms with E-state index in [2.05, 4.69) is 10.2 Å². The molecule has 1 amide bonds. The van der Waals surface area contributed by atoms with Crippen molar-refractivity contribution in [2.75, 3.05) is 26.2 Å². The zero-order valence-corrected chi connectivity index (χ0v) is 14.1. The quantitative estimate of drug-likeness (QED) is 0.786. The Kier molecular flexibility index (Phi) is 6.37. The van der Waals surface area contributed by atoms with Gasteiger partial charge in [-0.3, -0.25) is 4.79 Å². The van der Waals surface area contributed by atoms with Crippen molar-refractivity contribution < 1.29 is 18.7 Å². The van der Waals surface area contributed by atoms with Gasteiger partial charge in [-0.15, -0.1) is 0 Å². The van der Waals surface area contributed by atoms with Crippen LogP contribution < -0.4 is 5.32 Å². The molecule has 0 bridgehead atoms. The van der Waals surface area contributed by atoms with Gasteiger partial charge in [-0.05, 0) is 44.7 Å². The Hall–Kier alpha value is -0.750. The molecule has 23 heavy (non-hydrogen) atoms. The van der Waals surface area contributed by atoms with E-state index in [0.29, 0.717) is 12.8 Å². The molecule has 0 spiro atoms. The van der Waals surface area contributed by atoms with Gasteiger partial charge < -0.3 is 15.3 Å². The molecular weight excluding hydrogens is 302 g/mol. The summed E-state index contributed by atoms with van der Waals surface area (Å²) in [6, 6.07) is 0. The molecule has 2 aliphatic rings. The summed E-state index contributed by atoms with van der Waals surface area (Å²) in [4.78, 5) is 14.3. The van der Waals surface area contributed by atoms with Crippen LogP contribution in [0.2, 0.25) is 0 Å². The highest BCUT2D eigenvalue weighted by atomic mass is 19.3. The van der Waals surface area contributed by atoms with Crippen LogP contribution in [-0.4, -0.2) is 53.6 Å². The number of rotatable bonds is 6. The summed E-state index contributed by atoms with van der Waals surface area (Å²) >= 11 is 0. The summed E-state index contributed by atoms with van der Waals surface area (Å²) in [5.41, 5.74) is -2.18. The van der Waals surface area contributed by atoms with Crippen LogP contribution in [0.4, 0.5) is 8.78 Å². The fraction of sp³-hybridized carbons (Fsp3) is 0.941. The molecule has 2 N–H and O–H groups in total. The molecule has 2 fully saturated rings. The van der Waals surface area contributed by atoms with Crippen molar-refractivity contribution in [2.45, 2.75) is 69.8 Å². The SMILES string of the molecule is CC(CNC(=O)C(F)(F)C1(O)CCCCC1)CN1CCCCC1. The third-order valence-electron chi connectivity index (χ3n) is 5.18. The summed E-state index contributed by atoms with van der Waals surface area (Å²) in [5, 5.41) is 12.5. The Morgan fingerprint density at radius 1 is 1.17 bits per heavy atom. The molecule has 2 rings (SSSR count). The minimum absolute atomic E-state index is 0.00322. The molecule has 1 aliphatic carbocycles. The zero-order chi connectivity index (χ0) is 16.9. The molecule has 0 aromatic heterocycles. The van der Waals surface area contributed by atoms with Crippen LogP contribution in [0.25, 0.3) is 0 Å². The van der Waals surface area contributed by atoms with Crippen molar-refractivity contribution in [3.05, 3.63) is 0 Å². The van der Waals surface area contributed by atoms with Gasteiger partial charge in [0.25, 0.3) is 5.91 Å². The van der Waals surface area contributed by atoms with Crippen LogP contribution >= 0.6 is 0 Å². The summed E-state index contributed by atoms with van der Waals surface area (Å²) < 4.78 is 28.6. The van der Waals surface area contributed by atoms with Gasteiger partial charge in [-0.2, -0.15) is 8.78 Å². The van der Waals surface area contributed by atoms with Crippen LogP contribution in [0.15, 0.2) is 0 Å². The number of likely N-dealkylation sites (tertiary alicyclic amines) is 1. The first kappa shape index (κ1) is 18.6. The molecule has 0 aromatic rings. The first-order valence-corrected chi connectivity index (χ1v) is 8.96. The molecule has 0 radical (unpaired) electrons. The minimum Gasteiger partial charge on any atom is -0.383 e. The highest BCUT2D eigenvalue weighted by Gasteiger charge is 2.58. The summed E-state index contributed by atoms with van der Waals surface area (Å²) in [6.45, 7) is 5.10. The lowest BCUT2D eigenvalue weighted by Gasteiger charge is -2.37. The van der Waals surface area contributed by atoms with Gasteiger partial charge in [0, 0.05) is 13.1 Å². The maximum Gasteiger partial charge on any atom is 0.352 e. The standard InChI is InChI=1S/C17H30F2N2O2/c1-14(13-21-10-6-3-7-11-21)12-20-15(22)17(18,19)16(23)8-4-2-5-9-16/h14,23H,2-13H2,1H3,(H,20,22). The van der Waals surface area contributed by atoms with Gasteiger partial charge in [0.05, 0.1) is 0 Å². The highest BCUT2D eigenvalue weighted by Crippen LogP contribution is 2.40. The number of carbonyl (C=O) groups is 1. The topological polar surface area (TPSA) is 52.6 Å². The normalized spacial score (nSPS) is 24.2. The molecule has 1 aliphatic heterocycles. The van der Waals surface area contributed by atoms with E-state index in [1.807, 2.05) is 6.92 Å². The summed E-state index contributed by atoms with van der Waals surface area (Å²) in [7, 11) is 0. The first-order valence-electron chi connectivity index (χ1n) is 8.96. The van der Waals surface area contributed by atoms with Gasteiger partial charge in [-0.25, -0.2) is 0 Å². The van der Waals surface area contributed by atoms with Crippen LogP contribution in [0.3, 0.4) is 0 Å². The van der Waals surface area contributed by atoms with Crippen molar-refractivity contribution in [1.29, 1.82) is 0 Å². The molecule has 0 aromatic carbocycles. The maximum absolute atomic E-state index is 14.3. The van der Waals surface area contributed by atoms with Gasteiger partial charge in [-0.1, -0.05) is 32.6 Å². The number of halogens is 2. The van der Waals surface area contributed by atoms with Gasteiger partial charge in [0.15, 0.2) is 0 Å². The molecule has 4 nitrogen and oxygen atoms in total. The van der Waals surface area contributed by atoms with Crippen molar-refractivity contribution >= 4 is 5.91 Å². The number of aliphatic hydroxyl groups is 1.